The largest absolute Gasteiger partial charge is 0.417 e. The van der Waals surface area contributed by atoms with Gasteiger partial charge in [-0.2, -0.15) is 23.3 Å². The lowest BCUT2D eigenvalue weighted by Gasteiger charge is -2.36. The average Bonchev–Trinajstić information content (AvgIpc) is 3.35. The second-order valence-electron chi connectivity index (χ2n) is 10.1. The summed E-state index contributed by atoms with van der Waals surface area (Å²) >= 11 is 1.29. The Kier molecular flexibility index (Phi) is 6.81. The van der Waals surface area contributed by atoms with Crippen molar-refractivity contribution in [2.75, 3.05) is 50.5 Å². The number of carbonyl (C=O) groups is 1. The number of halogens is 3. The van der Waals surface area contributed by atoms with Crippen LogP contribution >= 0.6 is 11.8 Å². The third-order valence-corrected chi connectivity index (χ3v) is 8.93. The van der Waals surface area contributed by atoms with Gasteiger partial charge in [-0.1, -0.05) is 24.8 Å². The summed E-state index contributed by atoms with van der Waals surface area (Å²) < 4.78 is 53.3. The minimum atomic E-state index is -4.70. The van der Waals surface area contributed by atoms with Crippen LogP contribution in [0.5, 0.6) is 0 Å². The van der Waals surface area contributed by atoms with Crippen LogP contribution in [0.2, 0.25) is 0 Å². The van der Waals surface area contributed by atoms with Crippen molar-refractivity contribution >= 4 is 45.3 Å². The van der Waals surface area contributed by atoms with Gasteiger partial charge >= 0.3 is 11.9 Å². The molecule has 0 N–H and O–H groups in total. The Morgan fingerprint density at radius 3 is 2.66 bits per heavy atom. The molecule has 0 aliphatic carbocycles. The molecule has 0 unspecified atom stereocenters. The highest BCUT2D eigenvalue weighted by molar-refractivity contribution is 7.99. The topological polar surface area (TPSA) is 85.5 Å². The quantitative estimate of drug-likeness (QED) is 0.327. The second-order valence-corrected chi connectivity index (χ2v) is 11.1. The van der Waals surface area contributed by atoms with E-state index in [1.54, 1.807) is 39.9 Å². The highest BCUT2D eigenvalue weighted by atomic mass is 32.2. The van der Waals surface area contributed by atoms with Gasteiger partial charge in [-0.3, -0.25) is 14.0 Å². The van der Waals surface area contributed by atoms with E-state index in [2.05, 4.69) is 16.7 Å². The van der Waals surface area contributed by atoms with Gasteiger partial charge in [0, 0.05) is 72.9 Å². The molecule has 6 rings (SSSR count). The zero-order valence-electron chi connectivity index (χ0n) is 22.4. The molecule has 1 amide bonds. The maximum absolute atomic E-state index is 14.9. The van der Waals surface area contributed by atoms with Gasteiger partial charge in [-0.25, -0.2) is 4.79 Å². The smallest absolute Gasteiger partial charge is 0.383 e. The highest BCUT2D eigenvalue weighted by Gasteiger charge is 2.40. The Morgan fingerprint density at radius 1 is 1.22 bits per heavy atom. The number of rotatable bonds is 5. The van der Waals surface area contributed by atoms with Crippen LogP contribution in [0.3, 0.4) is 0 Å². The van der Waals surface area contributed by atoms with Crippen LogP contribution in [0.4, 0.5) is 19.0 Å². The number of aryl methyl sites for hydroxylation is 1. The summed E-state index contributed by atoms with van der Waals surface area (Å²) in [7, 11) is 3.22. The third-order valence-electron chi connectivity index (χ3n) is 7.69. The van der Waals surface area contributed by atoms with Gasteiger partial charge in [-0.15, -0.1) is 11.8 Å². The summed E-state index contributed by atoms with van der Waals surface area (Å²) in [6, 6.07) is 5.90. The van der Waals surface area contributed by atoms with E-state index in [0.29, 0.717) is 58.8 Å². The molecular weight excluding hydrogens is 557 g/mol. The van der Waals surface area contributed by atoms with E-state index in [9.17, 15) is 22.8 Å². The fourth-order valence-electron chi connectivity index (χ4n) is 5.84. The molecule has 1 fully saturated rings. The molecule has 13 heteroatoms. The Bertz CT molecular complexity index is 1760. The normalized spacial score (nSPS) is 17.4. The monoisotopic (exact) mass is 584 g/mol. The summed E-state index contributed by atoms with van der Waals surface area (Å²) in [5, 5.41) is 5.23. The molecule has 2 aliphatic heterocycles. The van der Waals surface area contributed by atoms with Crippen molar-refractivity contribution < 1.29 is 22.7 Å². The summed E-state index contributed by atoms with van der Waals surface area (Å²) in [5.74, 6) is 0.305. The maximum Gasteiger partial charge on any atom is 0.417 e. The number of para-hydroxylation sites is 1. The lowest BCUT2D eigenvalue weighted by Crippen LogP contribution is -2.49. The summed E-state index contributed by atoms with van der Waals surface area (Å²) in [6.45, 7) is 5.02. The van der Waals surface area contributed by atoms with Crippen LogP contribution in [0, 0.1) is 0 Å². The first-order chi connectivity index (χ1) is 19.6. The fourth-order valence-corrected chi connectivity index (χ4v) is 7.15. The molecular formula is C28H27F3N6O3S. The van der Waals surface area contributed by atoms with E-state index in [0.717, 1.165) is 6.07 Å². The predicted molar refractivity (Wildman–Crippen MR) is 151 cm³/mol. The van der Waals surface area contributed by atoms with E-state index in [4.69, 9.17) is 4.74 Å². The number of anilines is 1. The number of nitrogens with zero attached hydrogens (tertiary/aromatic N) is 6. The zero-order valence-corrected chi connectivity index (χ0v) is 23.3. The number of hydrogen-bond donors (Lipinski definition) is 0. The van der Waals surface area contributed by atoms with Gasteiger partial charge < -0.3 is 14.5 Å². The molecule has 4 heterocycles. The number of benzene rings is 2. The number of alkyl halides is 3. The van der Waals surface area contributed by atoms with Gasteiger partial charge in [-0.05, 0) is 12.1 Å². The van der Waals surface area contributed by atoms with Crippen LogP contribution < -0.4 is 10.6 Å². The lowest BCUT2D eigenvalue weighted by atomic mass is 9.94. The van der Waals surface area contributed by atoms with Gasteiger partial charge in [0.15, 0.2) is 0 Å². The van der Waals surface area contributed by atoms with E-state index in [-0.39, 0.29) is 29.3 Å². The van der Waals surface area contributed by atoms with Gasteiger partial charge in [0.25, 0.3) is 0 Å². The minimum absolute atomic E-state index is 0.0202. The molecule has 1 atom stereocenters. The molecule has 0 saturated carbocycles. The summed E-state index contributed by atoms with van der Waals surface area (Å²) in [6.07, 6.45) is -1.84. The van der Waals surface area contributed by atoms with E-state index < -0.39 is 23.5 Å². The van der Waals surface area contributed by atoms with Crippen molar-refractivity contribution in [1.82, 2.24) is 24.2 Å². The van der Waals surface area contributed by atoms with Crippen molar-refractivity contribution in [1.29, 1.82) is 0 Å². The number of methoxy groups -OCH3 is 1. The number of aromatic nitrogens is 4. The molecule has 2 aliphatic rings. The minimum Gasteiger partial charge on any atom is -0.383 e. The van der Waals surface area contributed by atoms with Crippen molar-refractivity contribution in [3.05, 3.63) is 59.2 Å². The van der Waals surface area contributed by atoms with Gasteiger partial charge in [0.2, 0.25) is 5.91 Å². The maximum atomic E-state index is 14.9. The molecule has 0 spiro atoms. The molecule has 41 heavy (non-hydrogen) atoms. The summed E-state index contributed by atoms with van der Waals surface area (Å²) in [5.41, 5.74) is 0.0276. The number of thioether (sulfide) groups is 1. The lowest BCUT2D eigenvalue weighted by molar-refractivity contribution is -0.137. The van der Waals surface area contributed by atoms with Crippen LogP contribution in [0.25, 0.3) is 32.9 Å². The van der Waals surface area contributed by atoms with E-state index in [1.807, 2.05) is 6.07 Å². The first-order valence-electron chi connectivity index (χ1n) is 13.0. The molecule has 1 saturated heterocycles. The molecule has 0 bridgehead atoms. The Morgan fingerprint density at radius 2 is 1.98 bits per heavy atom. The van der Waals surface area contributed by atoms with Crippen molar-refractivity contribution in [3.8, 4) is 11.1 Å². The van der Waals surface area contributed by atoms with Crippen molar-refractivity contribution in [2.24, 2.45) is 7.05 Å². The molecule has 214 valence electrons. The number of hydrogen-bond acceptors (Lipinski definition) is 7. The number of fused-ring (bicyclic) bond motifs is 1. The van der Waals surface area contributed by atoms with Crippen molar-refractivity contribution in [2.45, 2.75) is 17.1 Å². The highest BCUT2D eigenvalue weighted by Crippen LogP contribution is 2.50. The van der Waals surface area contributed by atoms with E-state index >= 15 is 0 Å². The van der Waals surface area contributed by atoms with Crippen LogP contribution in [0.1, 0.15) is 11.6 Å². The Labute approximate surface area is 237 Å². The van der Waals surface area contributed by atoms with E-state index in [1.165, 1.54) is 29.5 Å². The van der Waals surface area contributed by atoms with Crippen LogP contribution in [0.15, 0.2) is 52.8 Å². The van der Waals surface area contributed by atoms with Crippen molar-refractivity contribution in [3.63, 3.8) is 0 Å². The molecule has 2 aromatic carbocycles. The third kappa shape index (κ3) is 4.47. The molecule has 4 aromatic rings. The number of piperazine rings is 1. The Balaban J connectivity index is 1.67. The number of carbonyl (C=O) groups excluding carboxylic acids is 1. The number of amides is 1. The molecule has 0 radical (unpaired) electrons. The summed E-state index contributed by atoms with van der Waals surface area (Å²) in [4.78, 5) is 33.8. The predicted octanol–water partition coefficient (Wildman–Crippen LogP) is 4.10. The Hall–Kier alpha value is -3.84. The fraction of sp³-hybridized carbons (Fsp3) is 0.357. The molecule has 2 aromatic heterocycles. The number of ether oxygens (including phenoxy) is 1. The van der Waals surface area contributed by atoms with Crippen LogP contribution in [-0.4, -0.2) is 75.8 Å². The SMILES string of the molecule is C=CC(=O)N1CCN(c2nc(=O)n3c4c(c(-c5cccc6cnn(C)c56)c(C(F)(F)F)cc24)SC[C@@H]3COC)CC1. The zero-order chi connectivity index (χ0) is 29.1. The standard InChI is InChI=1S/C28H27F3N6O3S/c1-4-21(38)35-8-10-36(11-9-35)26-19-12-20(28(29,30)31)22(18-7-5-6-16-13-32-34(2)23(16)18)25-24(19)37(27(39)33-26)17(14-40-3)15-41-25/h4-7,12-13,17H,1,8-11,14-15H2,2-3H3/t17-/m0/s1. The first-order valence-corrected chi connectivity index (χ1v) is 14.0. The molecule has 9 nitrogen and oxygen atoms in total. The van der Waals surface area contributed by atoms with Gasteiger partial charge in [0.05, 0.1) is 35.4 Å². The van der Waals surface area contributed by atoms with Gasteiger partial charge in [0.1, 0.15) is 5.82 Å². The van der Waals surface area contributed by atoms with Crippen LogP contribution in [-0.2, 0) is 22.8 Å². The first kappa shape index (κ1) is 27.3. The average molecular weight is 585 g/mol. The second kappa shape index (κ2) is 10.2.